The monoisotopic (exact) mass is 198 g/mol. The summed E-state index contributed by atoms with van der Waals surface area (Å²) in [6.07, 6.45) is 1.61. The first-order valence-corrected chi connectivity index (χ1v) is 4.67. The number of hydrogen-bond donors (Lipinski definition) is 0. The Hall–Kier alpha value is -1.12. The molecule has 0 saturated carbocycles. The van der Waals surface area contributed by atoms with Crippen LogP contribution in [0.5, 0.6) is 0 Å². The highest BCUT2D eigenvalue weighted by molar-refractivity contribution is 5.98. The van der Waals surface area contributed by atoms with Gasteiger partial charge in [-0.2, -0.15) is 0 Å². The highest BCUT2D eigenvalue weighted by Crippen LogP contribution is 2.29. The van der Waals surface area contributed by atoms with Gasteiger partial charge in [-0.1, -0.05) is 19.9 Å². The average molecular weight is 198 g/mol. The van der Waals surface area contributed by atoms with Gasteiger partial charge in [0, 0.05) is 5.41 Å². The molecular formula is C11H18O3. The number of Topliss-reactive ketones (excluding diaryl/α,β-unsaturated/α-hetero) is 1. The van der Waals surface area contributed by atoms with Crippen molar-refractivity contribution in [3.8, 4) is 0 Å². The number of ether oxygens (including phenoxy) is 1. The second-order valence-electron chi connectivity index (χ2n) is 3.82. The summed E-state index contributed by atoms with van der Waals surface area (Å²) in [5, 5.41) is 0. The molecule has 1 unspecified atom stereocenters. The van der Waals surface area contributed by atoms with Gasteiger partial charge in [0.25, 0.3) is 0 Å². The van der Waals surface area contributed by atoms with Gasteiger partial charge in [-0.3, -0.25) is 9.59 Å². The van der Waals surface area contributed by atoms with E-state index in [1.807, 2.05) is 0 Å². The van der Waals surface area contributed by atoms with Crippen LogP contribution in [0.25, 0.3) is 0 Å². The van der Waals surface area contributed by atoms with Crippen LogP contribution < -0.4 is 0 Å². The molecule has 14 heavy (non-hydrogen) atoms. The Labute approximate surface area is 85.1 Å². The van der Waals surface area contributed by atoms with E-state index in [9.17, 15) is 9.59 Å². The minimum absolute atomic E-state index is 0.187. The van der Waals surface area contributed by atoms with Gasteiger partial charge in [-0.25, -0.2) is 0 Å². The second-order valence-corrected chi connectivity index (χ2v) is 3.82. The molecule has 0 fully saturated rings. The molecule has 0 aliphatic heterocycles. The van der Waals surface area contributed by atoms with Crippen molar-refractivity contribution in [2.45, 2.75) is 27.7 Å². The lowest BCUT2D eigenvalue weighted by molar-refractivity contribution is -0.154. The highest BCUT2D eigenvalue weighted by Gasteiger charge is 2.37. The predicted octanol–water partition coefficient (Wildman–Crippen LogP) is 1.97. The lowest BCUT2D eigenvalue weighted by Gasteiger charge is -2.27. The number of rotatable bonds is 5. The van der Waals surface area contributed by atoms with Crippen LogP contribution >= 0.6 is 0 Å². The molecule has 0 saturated heterocycles. The molecule has 0 rings (SSSR count). The van der Waals surface area contributed by atoms with Crippen molar-refractivity contribution in [3.63, 3.8) is 0 Å². The molecule has 0 aromatic rings. The van der Waals surface area contributed by atoms with E-state index in [1.54, 1.807) is 26.8 Å². The lowest BCUT2D eigenvalue weighted by Crippen LogP contribution is -2.36. The molecule has 0 aromatic heterocycles. The second kappa shape index (κ2) is 4.94. The van der Waals surface area contributed by atoms with Crippen molar-refractivity contribution in [2.75, 3.05) is 6.61 Å². The van der Waals surface area contributed by atoms with E-state index in [4.69, 9.17) is 4.74 Å². The molecule has 3 nitrogen and oxygen atoms in total. The molecular weight excluding hydrogens is 180 g/mol. The summed E-state index contributed by atoms with van der Waals surface area (Å²) in [5.74, 6) is -1.40. The molecule has 0 amide bonds. The molecule has 0 heterocycles. The maximum Gasteiger partial charge on any atom is 0.317 e. The highest BCUT2D eigenvalue weighted by atomic mass is 16.5. The number of carbonyl (C=O) groups excluding carboxylic acids is 2. The number of carbonyl (C=O) groups is 2. The molecule has 0 N–H and O–H groups in total. The molecule has 0 aromatic carbocycles. The van der Waals surface area contributed by atoms with Crippen LogP contribution in [0.1, 0.15) is 27.7 Å². The Morgan fingerprint density at radius 2 is 2.00 bits per heavy atom. The topological polar surface area (TPSA) is 43.4 Å². The maximum absolute atomic E-state index is 11.5. The maximum atomic E-state index is 11.5. The first-order valence-electron chi connectivity index (χ1n) is 4.67. The fourth-order valence-corrected chi connectivity index (χ4v) is 1.34. The summed E-state index contributed by atoms with van der Waals surface area (Å²) in [7, 11) is 0. The molecule has 1 atom stereocenters. The largest absolute Gasteiger partial charge is 0.465 e. The van der Waals surface area contributed by atoms with Crippen LogP contribution in [0.3, 0.4) is 0 Å². The van der Waals surface area contributed by atoms with Crippen LogP contribution in [0.2, 0.25) is 0 Å². The first-order chi connectivity index (χ1) is 6.36. The van der Waals surface area contributed by atoms with Gasteiger partial charge < -0.3 is 4.74 Å². The van der Waals surface area contributed by atoms with Crippen molar-refractivity contribution in [1.82, 2.24) is 0 Å². The lowest BCUT2D eigenvalue weighted by atomic mass is 9.77. The zero-order valence-corrected chi connectivity index (χ0v) is 9.29. The smallest absolute Gasteiger partial charge is 0.317 e. The van der Waals surface area contributed by atoms with Crippen molar-refractivity contribution in [2.24, 2.45) is 11.3 Å². The van der Waals surface area contributed by atoms with E-state index in [1.165, 1.54) is 6.92 Å². The van der Waals surface area contributed by atoms with Gasteiger partial charge in [-0.05, 0) is 13.8 Å². The van der Waals surface area contributed by atoms with Crippen LogP contribution in [-0.2, 0) is 14.3 Å². The average Bonchev–Trinajstić information content (AvgIpc) is 2.03. The van der Waals surface area contributed by atoms with Gasteiger partial charge in [0.15, 0.2) is 0 Å². The summed E-state index contributed by atoms with van der Waals surface area (Å²) in [6, 6.07) is 0. The predicted molar refractivity (Wildman–Crippen MR) is 54.8 cm³/mol. The number of esters is 1. The van der Waals surface area contributed by atoms with Gasteiger partial charge in [0.05, 0.1) is 6.61 Å². The Morgan fingerprint density at radius 1 is 1.50 bits per heavy atom. The zero-order valence-electron chi connectivity index (χ0n) is 9.29. The Kier molecular flexibility index (Phi) is 4.54. The van der Waals surface area contributed by atoms with Crippen molar-refractivity contribution in [3.05, 3.63) is 12.7 Å². The van der Waals surface area contributed by atoms with Gasteiger partial charge in [0.2, 0.25) is 0 Å². The summed E-state index contributed by atoms with van der Waals surface area (Å²) in [5.41, 5.74) is -0.557. The fourth-order valence-electron chi connectivity index (χ4n) is 1.34. The third-order valence-corrected chi connectivity index (χ3v) is 2.20. The van der Waals surface area contributed by atoms with Gasteiger partial charge in [-0.15, -0.1) is 6.58 Å². The van der Waals surface area contributed by atoms with E-state index in [-0.39, 0.29) is 12.4 Å². The minimum atomic E-state index is -0.750. The van der Waals surface area contributed by atoms with Crippen LogP contribution in [0, 0.1) is 11.3 Å². The van der Waals surface area contributed by atoms with Crippen LogP contribution in [0.15, 0.2) is 12.7 Å². The Balaban J connectivity index is 4.86. The zero-order chi connectivity index (χ0) is 11.4. The van der Waals surface area contributed by atoms with Crippen molar-refractivity contribution in [1.29, 1.82) is 0 Å². The summed E-state index contributed by atoms with van der Waals surface area (Å²) in [4.78, 5) is 22.8. The van der Waals surface area contributed by atoms with E-state index >= 15 is 0 Å². The molecule has 0 spiro atoms. The number of hydrogen-bond acceptors (Lipinski definition) is 3. The van der Waals surface area contributed by atoms with Crippen LogP contribution in [-0.4, -0.2) is 18.4 Å². The molecule has 0 aliphatic carbocycles. The first kappa shape index (κ1) is 12.9. The van der Waals surface area contributed by atoms with Crippen LogP contribution in [0.4, 0.5) is 0 Å². The quantitative estimate of drug-likeness (QED) is 0.385. The SMILES string of the molecule is C=CC(C)(C)C(C(C)=O)C(=O)OCC. The summed E-state index contributed by atoms with van der Waals surface area (Å²) < 4.78 is 4.85. The van der Waals surface area contributed by atoms with Gasteiger partial charge >= 0.3 is 5.97 Å². The van der Waals surface area contributed by atoms with E-state index in [0.29, 0.717) is 0 Å². The Morgan fingerprint density at radius 3 is 2.29 bits per heavy atom. The normalized spacial score (nSPS) is 13.1. The fraction of sp³-hybridized carbons (Fsp3) is 0.636. The van der Waals surface area contributed by atoms with E-state index in [0.717, 1.165) is 0 Å². The Bertz CT molecular complexity index is 241. The summed E-state index contributed by atoms with van der Waals surface area (Å²) >= 11 is 0. The van der Waals surface area contributed by atoms with E-state index < -0.39 is 17.3 Å². The number of ketones is 1. The van der Waals surface area contributed by atoms with Gasteiger partial charge in [0.1, 0.15) is 11.7 Å². The third-order valence-electron chi connectivity index (χ3n) is 2.20. The third kappa shape index (κ3) is 2.98. The molecule has 0 bridgehead atoms. The van der Waals surface area contributed by atoms with Crippen molar-refractivity contribution < 1.29 is 14.3 Å². The molecule has 3 heteroatoms. The summed E-state index contributed by atoms with van der Waals surface area (Å²) in [6.45, 7) is 10.6. The molecule has 0 radical (unpaired) electrons. The van der Waals surface area contributed by atoms with Crippen molar-refractivity contribution >= 4 is 11.8 Å². The minimum Gasteiger partial charge on any atom is -0.465 e. The number of allylic oxidation sites excluding steroid dienone is 1. The standard InChI is InChI=1S/C11H18O3/c1-6-11(4,5)9(8(3)12)10(13)14-7-2/h6,9H,1,7H2,2-5H3. The molecule has 80 valence electrons. The van der Waals surface area contributed by atoms with E-state index in [2.05, 4.69) is 6.58 Å². The molecule has 0 aliphatic rings.